The normalized spacial score (nSPS) is 18.6. The number of halogens is 1. The number of nitrogens with one attached hydrogen (secondary N) is 2. The van der Waals surface area contributed by atoms with E-state index >= 15 is 0 Å². The van der Waals surface area contributed by atoms with E-state index in [1.807, 2.05) is 19.1 Å². The molecule has 144 valence electrons. The van der Waals surface area contributed by atoms with Crippen molar-refractivity contribution in [1.82, 2.24) is 15.5 Å². The first-order valence-electron chi connectivity index (χ1n) is 9.00. The van der Waals surface area contributed by atoms with Gasteiger partial charge in [0, 0.05) is 37.1 Å². The SMILES string of the molecule is CC(=O)NC(CC(=O)NC(C)C(C)N1CCOCC1)c1ccc(Cl)cc1. The van der Waals surface area contributed by atoms with E-state index in [1.165, 1.54) is 6.92 Å². The molecule has 2 rings (SSSR count). The highest BCUT2D eigenvalue weighted by molar-refractivity contribution is 6.30. The molecule has 6 nitrogen and oxygen atoms in total. The first-order chi connectivity index (χ1) is 12.4. The summed E-state index contributed by atoms with van der Waals surface area (Å²) >= 11 is 5.93. The Labute approximate surface area is 160 Å². The largest absolute Gasteiger partial charge is 0.379 e. The number of nitrogens with zero attached hydrogens (tertiary/aromatic N) is 1. The second kappa shape index (κ2) is 9.90. The fourth-order valence-corrected chi connectivity index (χ4v) is 3.24. The van der Waals surface area contributed by atoms with Crippen molar-refractivity contribution in [2.24, 2.45) is 0 Å². The molecule has 0 bridgehead atoms. The Balaban J connectivity index is 1.95. The number of amides is 2. The molecule has 0 spiro atoms. The van der Waals surface area contributed by atoms with Crippen molar-refractivity contribution in [3.8, 4) is 0 Å². The van der Waals surface area contributed by atoms with E-state index in [4.69, 9.17) is 16.3 Å². The topological polar surface area (TPSA) is 70.7 Å². The first-order valence-corrected chi connectivity index (χ1v) is 9.38. The minimum absolute atomic E-state index is 0.00351. The number of carbonyl (C=O) groups excluding carboxylic acids is 2. The van der Waals surface area contributed by atoms with Gasteiger partial charge in [0.15, 0.2) is 0 Å². The van der Waals surface area contributed by atoms with Crippen molar-refractivity contribution in [3.63, 3.8) is 0 Å². The molecule has 7 heteroatoms. The Kier molecular flexibility index (Phi) is 7.87. The van der Waals surface area contributed by atoms with Crippen LogP contribution in [0.15, 0.2) is 24.3 Å². The van der Waals surface area contributed by atoms with E-state index in [9.17, 15) is 9.59 Å². The molecule has 3 atom stereocenters. The van der Waals surface area contributed by atoms with Crippen LogP contribution >= 0.6 is 11.6 Å². The molecule has 2 amide bonds. The first kappa shape index (κ1) is 20.7. The quantitative estimate of drug-likeness (QED) is 0.759. The molecule has 0 aromatic heterocycles. The van der Waals surface area contributed by atoms with E-state index in [0.717, 1.165) is 31.9 Å². The van der Waals surface area contributed by atoms with E-state index < -0.39 is 0 Å². The lowest BCUT2D eigenvalue weighted by atomic mass is 10.0. The van der Waals surface area contributed by atoms with Gasteiger partial charge in [0.25, 0.3) is 0 Å². The van der Waals surface area contributed by atoms with Crippen molar-refractivity contribution in [2.75, 3.05) is 26.3 Å². The lowest BCUT2D eigenvalue weighted by Crippen LogP contribution is -2.52. The van der Waals surface area contributed by atoms with Crippen molar-refractivity contribution < 1.29 is 14.3 Å². The van der Waals surface area contributed by atoms with Crippen molar-refractivity contribution in [3.05, 3.63) is 34.9 Å². The smallest absolute Gasteiger partial charge is 0.222 e. The zero-order valence-electron chi connectivity index (χ0n) is 15.6. The standard InChI is InChI=1S/C19H28ClN3O3/c1-13(14(2)23-8-10-26-11-9-23)21-19(25)12-18(22-15(3)24)16-4-6-17(20)7-5-16/h4-7,13-14,18H,8-12H2,1-3H3,(H,21,25)(H,22,24). The van der Waals surface area contributed by atoms with Gasteiger partial charge in [-0.3, -0.25) is 14.5 Å². The second-order valence-corrected chi connectivity index (χ2v) is 7.19. The van der Waals surface area contributed by atoms with E-state index in [-0.39, 0.29) is 36.4 Å². The van der Waals surface area contributed by atoms with Crippen LogP contribution in [0.2, 0.25) is 5.02 Å². The van der Waals surface area contributed by atoms with Crippen LogP contribution < -0.4 is 10.6 Å². The van der Waals surface area contributed by atoms with Gasteiger partial charge in [-0.05, 0) is 31.5 Å². The van der Waals surface area contributed by atoms with Crippen LogP contribution in [0.1, 0.15) is 38.8 Å². The highest BCUT2D eigenvalue weighted by Gasteiger charge is 2.24. The third-order valence-electron chi connectivity index (χ3n) is 4.77. The van der Waals surface area contributed by atoms with Crippen molar-refractivity contribution in [2.45, 2.75) is 45.3 Å². The summed E-state index contributed by atoms with van der Waals surface area (Å²) in [5.74, 6) is -0.265. The van der Waals surface area contributed by atoms with Crippen LogP contribution in [-0.2, 0) is 14.3 Å². The van der Waals surface area contributed by atoms with Crippen molar-refractivity contribution >= 4 is 23.4 Å². The van der Waals surface area contributed by atoms with Gasteiger partial charge in [0.05, 0.1) is 25.7 Å². The van der Waals surface area contributed by atoms with Gasteiger partial charge >= 0.3 is 0 Å². The monoisotopic (exact) mass is 381 g/mol. The number of rotatable bonds is 7. The van der Waals surface area contributed by atoms with Crippen molar-refractivity contribution in [1.29, 1.82) is 0 Å². The third-order valence-corrected chi connectivity index (χ3v) is 5.03. The molecule has 3 unspecified atom stereocenters. The highest BCUT2D eigenvalue weighted by atomic mass is 35.5. The summed E-state index contributed by atoms with van der Waals surface area (Å²) in [5, 5.41) is 6.52. The number of carbonyl (C=O) groups is 2. The fraction of sp³-hybridized carbons (Fsp3) is 0.579. The summed E-state index contributed by atoms with van der Waals surface area (Å²) in [6.07, 6.45) is 0.182. The van der Waals surface area contributed by atoms with Gasteiger partial charge < -0.3 is 15.4 Å². The predicted octanol–water partition coefficient (Wildman–Crippen LogP) is 2.13. The van der Waals surface area contributed by atoms with Crippen LogP contribution in [-0.4, -0.2) is 55.1 Å². The number of hydrogen-bond donors (Lipinski definition) is 2. The molecular formula is C19H28ClN3O3. The maximum Gasteiger partial charge on any atom is 0.222 e. The minimum Gasteiger partial charge on any atom is -0.379 e. The molecule has 0 saturated carbocycles. The summed E-state index contributed by atoms with van der Waals surface area (Å²) < 4.78 is 5.38. The van der Waals surface area contributed by atoms with Crippen LogP contribution in [0.4, 0.5) is 0 Å². The molecule has 1 saturated heterocycles. The minimum atomic E-state index is -0.379. The van der Waals surface area contributed by atoms with Crippen LogP contribution in [0.25, 0.3) is 0 Å². The van der Waals surface area contributed by atoms with E-state index in [2.05, 4.69) is 22.5 Å². The number of morpholine rings is 1. The summed E-state index contributed by atoms with van der Waals surface area (Å²) in [5.41, 5.74) is 0.855. The van der Waals surface area contributed by atoms with Crippen LogP contribution in [0.5, 0.6) is 0 Å². The Bertz CT molecular complexity index is 603. The molecule has 0 aliphatic carbocycles. The lowest BCUT2D eigenvalue weighted by Gasteiger charge is -2.36. The number of ether oxygens (including phenoxy) is 1. The van der Waals surface area contributed by atoms with Gasteiger partial charge in [-0.15, -0.1) is 0 Å². The maximum atomic E-state index is 12.5. The molecule has 1 heterocycles. The molecule has 1 aromatic rings. The lowest BCUT2D eigenvalue weighted by molar-refractivity contribution is -0.123. The molecule has 1 aromatic carbocycles. The summed E-state index contributed by atoms with van der Waals surface area (Å²) in [7, 11) is 0. The molecule has 2 N–H and O–H groups in total. The van der Waals surface area contributed by atoms with Crippen LogP contribution in [0, 0.1) is 0 Å². The zero-order valence-corrected chi connectivity index (χ0v) is 16.4. The summed E-state index contributed by atoms with van der Waals surface area (Å²) in [4.78, 5) is 26.4. The second-order valence-electron chi connectivity index (χ2n) is 6.75. The summed E-state index contributed by atoms with van der Waals surface area (Å²) in [6.45, 7) is 8.78. The van der Waals surface area contributed by atoms with Gasteiger partial charge in [0.1, 0.15) is 0 Å². The van der Waals surface area contributed by atoms with Gasteiger partial charge in [-0.2, -0.15) is 0 Å². The van der Waals surface area contributed by atoms with Crippen LogP contribution in [0.3, 0.4) is 0 Å². The molecule has 1 aliphatic heterocycles. The fourth-order valence-electron chi connectivity index (χ4n) is 3.11. The third kappa shape index (κ3) is 6.27. The average Bonchev–Trinajstić information content (AvgIpc) is 2.61. The Morgan fingerprint density at radius 2 is 1.77 bits per heavy atom. The Morgan fingerprint density at radius 3 is 2.35 bits per heavy atom. The molecular weight excluding hydrogens is 354 g/mol. The number of benzene rings is 1. The molecule has 26 heavy (non-hydrogen) atoms. The maximum absolute atomic E-state index is 12.5. The number of hydrogen-bond acceptors (Lipinski definition) is 4. The van der Waals surface area contributed by atoms with E-state index in [0.29, 0.717) is 5.02 Å². The molecule has 0 radical (unpaired) electrons. The Hall–Kier alpha value is -1.63. The van der Waals surface area contributed by atoms with E-state index in [1.54, 1.807) is 12.1 Å². The zero-order chi connectivity index (χ0) is 19.1. The Morgan fingerprint density at radius 1 is 1.15 bits per heavy atom. The average molecular weight is 382 g/mol. The molecule has 1 fully saturated rings. The predicted molar refractivity (Wildman–Crippen MR) is 102 cm³/mol. The molecule has 1 aliphatic rings. The summed E-state index contributed by atoms with van der Waals surface area (Å²) in [6, 6.07) is 7.02. The van der Waals surface area contributed by atoms with Gasteiger partial charge in [-0.25, -0.2) is 0 Å². The van der Waals surface area contributed by atoms with Gasteiger partial charge in [0.2, 0.25) is 11.8 Å². The highest BCUT2D eigenvalue weighted by Crippen LogP contribution is 2.20. The van der Waals surface area contributed by atoms with Gasteiger partial charge in [-0.1, -0.05) is 23.7 Å².